The van der Waals surface area contributed by atoms with E-state index in [2.05, 4.69) is 4.98 Å². The summed E-state index contributed by atoms with van der Waals surface area (Å²) in [5, 5.41) is 0. The molecule has 1 fully saturated rings. The van der Waals surface area contributed by atoms with Gasteiger partial charge in [-0.3, -0.25) is 9.78 Å². The molecule has 0 saturated carbocycles. The number of aromatic nitrogens is 1. The minimum absolute atomic E-state index is 0.0178. The Balaban J connectivity index is 2.04. The maximum Gasteiger partial charge on any atom is 0.227 e. The van der Waals surface area contributed by atoms with Gasteiger partial charge in [-0.2, -0.15) is 0 Å². The van der Waals surface area contributed by atoms with Crippen molar-refractivity contribution in [3.05, 3.63) is 30.1 Å². The van der Waals surface area contributed by atoms with E-state index in [4.69, 9.17) is 0 Å². The third-order valence-corrected chi connectivity index (χ3v) is 5.17. The van der Waals surface area contributed by atoms with Crippen LogP contribution in [0, 0.1) is 0 Å². The normalized spacial score (nSPS) is 21.2. The van der Waals surface area contributed by atoms with E-state index >= 15 is 0 Å². The average molecular weight is 282 g/mol. The number of pyridine rings is 1. The molecule has 1 saturated heterocycles. The zero-order valence-corrected chi connectivity index (χ0v) is 11.8. The molecule has 1 aromatic heterocycles. The molecule has 0 unspecified atom stereocenters. The van der Waals surface area contributed by atoms with E-state index < -0.39 is 9.84 Å². The number of sulfone groups is 1. The summed E-state index contributed by atoms with van der Waals surface area (Å²) in [5.74, 6) is 0.274. The van der Waals surface area contributed by atoms with Crippen LogP contribution in [0.25, 0.3) is 0 Å². The Kier molecular flexibility index (Phi) is 4.19. The predicted octanol–water partition coefficient (Wildman–Crippen LogP) is 0.660. The molecular weight excluding hydrogens is 264 g/mol. The highest BCUT2D eigenvalue weighted by Crippen LogP contribution is 2.18. The van der Waals surface area contributed by atoms with Crippen molar-refractivity contribution in [2.24, 2.45) is 0 Å². The van der Waals surface area contributed by atoms with Crippen LogP contribution in [0.2, 0.25) is 0 Å². The van der Waals surface area contributed by atoms with Gasteiger partial charge in [0, 0.05) is 25.0 Å². The highest BCUT2D eigenvalue weighted by Gasteiger charge is 2.33. The standard InChI is InChI=1S/C13H18N2O3S/c1-2-15(12-5-8-19(17,18)10-12)13(16)9-11-3-6-14-7-4-11/h3-4,6-7,12H,2,5,8-10H2,1H3/t12-/m0/s1. The zero-order chi connectivity index (χ0) is 13.9. The first-order chi connectivity index (χ1) is 9.02. The van der Waals surface area contributed by atoms with Crippen molar-refractivity contribution < 1.29 is 13.2 Å². The molecule has 1 atom stereocenters. The third kappa shape index (κ3) is 3.53. The van der Waals surface area contributed by atoms with E-state index in [0.717, 1.165) is 5.56 Å². The molecule has 2 rings (SSSR count). The monoisotopic (exact) mass is 282 g/mol. The second-order valence-electron chi connectivity index (χ2n) is 4.77. The summed E-state index contributed by atoms with van der Waals surface area (Å²) in [7, 11) is -2.96. The molecule has 6 heteroatoms. The fourth-order valence-corrected chi connectivity index (χ4v) is 4.17. The van der Waals surface area contributed by atoms with Gasteiger partial charge in [0.2, 0.25) is 5.91 Å². The molecule has 1 aliphatic rings. The van der Waals surface area contributed by atoms with Crippen LogP contribution in [0.4, 0.5) is 0 Å². The number of likely N-dealkylation sites (N-methyl/N-ethyl adjacent to an activating group) is 1. The number of hydrogen-bond donors (Lipinski definition) is 0. The van der Waals surface area contributed by atoms with Crippen molar-refractivity contribution in [3.8, 4) is 0 Å². The molecule has 1 aromatic rings. The number of carbonyl (C=O) groups is 1. The maximum atomic E-state index is 12.3. The first-order valence-corrected chi connectivity index (χ1v) is 8.23. The summed E-state index contributed by atoms with van der Waals surface area (Å²) < 4.78 is 23.0. The number of rotatable bonds is 4. The summed E-state index contributed by atoms with van der Waals surface area (Å²) in [6.07, 6.45) is 4.16. The lowest BCUT2D eigenvalue weighted by Gasteiger charge is -2.26. The molecule has 2 heterocycles. The molecule has 0 bridgehead atoms. The summed E-state index contributed by atoms with van der Waals surface area (Å²) in [4.78, 5) is 17.8. The van der Waals surface area contributed by atoms with Crippen LogP contribution in [0.3, 0.4) is 0 Å². The Hall–Kier alpha value is -1.43. The molecule has 104 valence electrons. The smallest absolute Gasteiger partial charge is 0.227 e. The number of amides is 1. The summed E-state index contributed by atoms with van der Waals surface area (Å²) in [5.41, 5.74) is 0.902. The molecular formula is C13H18N2O3S. The summed E-state index contributed by atoms with van der Waals surface area (Å²) >= 11 is 0. The second kappa shape index (κ2) is 5.69. The fourth-order valence-electron chi connectivity index (χ4n) is 2.44. The first kappa shape index (κ1) is 14.0. The van der Waals surface area contributed by atoms with Gasteiger partial charge in [-0.15, -0.1) is 0 Å². The van der Waals surface area contributed by atoms with Gasteiger partial charge in [0.15, 0.2) is 9.84 Å². The van der Waals surface area contributed by atoms with Crippen LogP contribution in [0.5, 0.6) is 0 Å². The highest BCUT2D eigenvalue weighted by atomic mass is 32.2. The van der Waals surface area contributed by atoms with Gasteiger partial charge in [0.05, 0.1) is 17.9 Å². The van der Waals surface area contributed by atoms with Crippen molar-refractivity contribution in [1.29, 1.82) is 0 Å². The van der Waals surface area contributed by atoms with Gasteiger partial charge >= 0.3 is 0 Å². The van der Waals surface area contributed by atoms with E-state index in [1.54, 1.807) is 29.4 Å². The van der Waals surface area contributed by atoms with Crippen LogP contribution < -0.4 is 0 Å². The van der Waals surface area contributed by atoms with Gasteiger partial charge in [-0.25, -0.2) is 8.42 Å². The Morgan fingerprint density at radius 3 is 2.63 bits per heavy atom. The fraction of sp³-hybridized carbons (Fsp3) is 0.538. The van der Waals surface area contributed by atoms with Gasteiger partial charge in [-0.05, 0) is 31.0 Å². The molecule has 1 aliphatic heterocycles. The van der Waals surface area contributed by atoms with E-state index in [1.165, 1.54) is 0 Å². The first-order valence-electron chi connectivity index (χ1n) is 6.40. The maximum absolute atomic E-state index is 12.3. The number of carbonyl (C=O) groups excluding carboxylic acids is 1. The third-order valence-electron chi connectivity index (χ3n) is 3.41. The van der Waals surface area contributed by atoms with Crippen LogP contribution in [0.1, 0.15) is 18.9 Å². The largest absolute Gasteiger partial charge is 0.339 e. The lowest BCUT2D eigenvalue weighted by molar-refractivity contribution is -0.132. The quantitative estimate of drug-likeness (QED) is 0.813. The van der Waals surface area contributed by atoms with Crippen LogP contribution >= 0.6 is 0 Å². The topological polar surface area (TPSA) is 67.3 Å². The van der Waals surface area contributed by atoms with Crippen molar-refractivity contribution in [2.45, 2.75) is 25.8 Å². The van der Waals surface area contributed by atoms with E-state index in [0.29, 0.717) is 19.4 Å². The van der Waals surface area contributed by atoms with Gasteiger partial charge in [0.25, 0.3) is 0 Å². The molecule has 0 N–H and O–H groups in total. The molecule has 0 spiro atoms. The summed E-state index contributed by atoms with van der Waals surface area (Å²) in [6, 6.07) is 3.44. The molecule has 0 radical (unpaired) electrons. The molecule has 1 amide bonds. The van der Waals surface area contributed by atoms with Gasteiger partial charge in [-0.1, -0.05) is 0 Å². The molecule has 0 aromatic carbocycles. The van der Waals surface area contributed by atoms with Crippen LogP contribution in [0.15, 0.2) is 24.5 Å². The second-order valence-corrected chi connectivity index (χ2v) is 7.00. The Morgan fingerprint density at radius 2 is 2.11 bits per heavy atom. The van der Waals surface area contributed by atoms with Crippen LogP contribution in [-0.4, -0.2) is 48.3 Å². The van der Waals surface area contributed by atoms with Gasteiger partial charge in [0.1, 0.15) is 0 Å². The van der Waals surface area contributed by atoms with Gasteiger partial charge < -0.3 is 4.90 Å². The highest BCUT2D eigenvalue weighted by molar-refractivity contribution is 7.91. The minimum Gasteiger partial charge on any atom is -0.339 e. The Morgan fingerprint density at radius 1 is 1.42 bits per heavy atom. The average Bonchev–Trinajstić information content (AvgIpc) is 2.72. The SMILES string of the molecule is CCN(C(=O)Cc1ccncc1)[C@H]1CCS(=O)(=O)C1. The molecule has 19 heavy (non-hydrogen) atoms. The van der Waals surface area contributed by atoms with Crippen molar-refractivity contribution in [2.75, 3.05) is 18.1 Å². The number of nitrogens with zero attached hydrogens (tertiary/aromatic N) is 2. The van der Waals surface area contributed by atoms with E-state index in [1.807, 2.05) is 6.92 Å². The molecule has 5 nitrogen and oxygen atoms in total. The zero-order valence-electron chi connectivity index (χ0n) is 10.9. The Bertz CT molecular complexity index is 542. The van der Waals surface area contributed by atoms with Crippen molar-refractivity contribution in [3.63, 3.8) is 0 Å². The van der Waals surface area contributed by atoms with E-state index in [9.17, 15) is 13.2 Å². The van der Waals surface area contributed by atoms with Crippen LogP contribution in [-0.2, 0) is 21.1 Å². The van der Waals surface area contributed by atoms with Crippen molar-refractivity contribution in [1.82, 2.24) is 9.88 Å². The lowest BCUT2D eigenvalue weighted by atomic mass is 10.1. The molecule has 0 aliphatic carbocycles. The summed E-state index contributed by atoms with van der Waals surface area (Å²) in [6.45, 7) is 2.43. The lowest BCUT2D eigenvalue weighted by Crippen LogP contribution is -2.41. The minimum atomic E-state index is -2.96. The van der Waals surface area contributed by atoms with E-state index in [-0.39, 0.29) is 23.5 Å². The number of hydrogen-bond acceptors (Lipinski definition) is 4. The Labute approximate surface area is 113 Å². The van der Waals surface area contributed by atoms with Crippen molar-refractivity contribution >= 4 is 15.7 Å². The predicted molar refractivity (Wildman–Crippen MR) is 72.4 cm³/mol.